The molecule has 3 aliphatic heterocycles. The number of hydrogen-bond acceptors (Lipinski definition) is 3. The van der Waals surface area contributed by atoms with Crippen molar-refractivity contribution in [1.82, 2.24) is 9.80 Å². The summed E-state index contributed by atoms with van der Waals surface area (Å²) in [5.41, 5.74) is 0. The highest BCUT2D eigenvalue weighted by molar-refractivity contribution is 5.82. The number of fused-ring (bicyclic) bond motifs is 2. The van der Waals surface area contributed by atoms with Crippen LogP contribution in [0.4, 0.5) is 0 Å². The van der Waals surface area contributed by atoms with Crippen LogP contribution in [0.2, 0.25) is 0 Å². The molecule has 0 radical (unpaired) electrons. The van der Waals surface area contributed by atoms with Gasteiger partial charge in [0.1, 0.15) is 5.78 Å². The molecule has 0 saturated carbocycles. The Labute approximate surface area is 108 Å². The number of rotatable bonds is 2. The molecule has 3 aliphatic rings. The van der Waals surface area contributed by atoms with Gasteiger partial charge in [0, 0.05) is 38.0 Å². The number of amides is 1. The molecule has 4 nitrogen and oxygen atoms in total. The van der Waals surface area contributed by atoms with E-state index in [0.717, 1.165) is 38.8 Å². The minimum absolute atomic E-state index is 0.279. The predicted molar refractivity (Wildman–Crippen MR) is 68.2 cm³/mol. The lowest BCUT2D eigenvalue weighted by Gasteiger charge is -2.35. The first-order valence-corrected chi connectivity index (χ1v) is 7.29. The summed E-state index contributed by atoms with van der Waals surface area (Å²) < 4.78 is 0. The van der Waals surface area contributed by atoms with Crippen LogP contribution in [0.25, 0.3) is 0 Å². The molecule has 2 atom stereocenters. The molecular formula is C14H22N2O2. The highest BCUT2D eigenvalue weighted by Gasteiger charge is 2.41. The first kappa shape index (κ1) is 12.2. The lowest BCUT2D eigenvalue weighted by molar-refractivity contribution is -0.136. The Morgan fingerprint density at radius 1 is 1.06 bits per heavy atom. The zero-order valence-electron chi connectivity index (χ0n) is 10.9. The van der Waals surface area contributed by atoms with Gasteiger partial charge in [-0.05, 0) is 32.1 Å². The Hall–Kier alpha value is -0.900. The number of likely N-dealkylation sites (tertiary alicyclic amines) is 1. The van der Waals surface area contributed by atoms with E-state index in [2.05, 4.69) is 4.90 Å². The van der Waals surface area contributed by atoms with Crippen molar-refractivity contribution < 1.29 is 9.59 Å². The third kappa shape index (κ3) is 2.30. The van der Waals surface area contributed by atoms with Gasteiger partial charge in [0.15, 0.2) is 0 Å². The van der Waals surface area contributed by atoms with Crippen molar-refractivity contribution in [3.05, 3.63) is 0 Å². The fourth-order valence-corrected chi connectivity index (χ4v) is 3.72. The van der Waals surface area contributed by atoms with Gasteiger partial charge < -0.3 is 4.90 Å². The number of carbonyl (C=O) groups excluding carboxylic acids is 2. The van der Waals surface area contributed by atoms with Crippen LogP contribution in [0.15, 0.2) is 0 Å². The van der Waals surface area contributed by atoms with Crippen molar-refractivity contribution in [2.75, 3.05) is 19.6 Å². The number of ketones is 1. The summed E-state index contributed by atoms with van der Waals surface area (Å²) in [7, 11) is 0. The van der Waals surface area contributed by atoms with Gasteiger partial charge in [0.2, 0.25) is 5.91 Å². The minimum atomic E-state index is 0.279. The van der Waals surface area contributed by atoms with E-state index < -0.39 is 0 Å². The van der Waals surface area contributed by atoms with Crippen molar-refractivity contribution in [2.24, 2.45) is 0 Å². The Morgan fingerprint density at radius 3 is 2.28 bits per heavy atom. The molecule has 3 fully saturated rings. The lowest BCUT2D eigenvalue weighted by atomic mass is 10.0. The molecule has 0 aromatic carbocycles. The Kier molecular flexibility index (Phi) is 3.37. The number of Topliss-reactive ketones (excluding diaryl/α,β-unsaturated/α-hetero) is 1. The second-order valence-electron chi connectivity index (χ2n) is 5.95. The van der Waals surface area contributed by atoms with Crippen LogP contribution in [0, 0.1) is 0 Å². The molecule has 2 bridgehead atoms. The molecule has 18 heavy (non-hydrogen) atoms. The highest BCUT2D eigenvalue weighted by atomic mass is 16.2. The van der Waals surface area contributed by atoms with Crippen molar-refractivity contribution in [3.8, 4) is 0 Å². The normalized spacial score (nSPS) is 32.9. The Morgan fingerprint density at radius 2 is 1.67 bits per heavy atom. The first-order valence-electron chi connectivity index (χ1n) is 7.29. The third-order valence-corrected chi connectivity index (χ3v) is 4.72. The second-order valence-corrected chi connectivity index (χ2v) is 5.95. The molecule has 0 N–H and O–H groups in total. The van der Waals surface area contributed by atoms with Crippen molar-refractivity contribution in [2.45, 2.75) is 57.0 Å². The fourth-order valence-electron chi connectivity index (χ4n) is 3.72. The van der Waals surface area contributed by atoms with Gasteiger partial charge in [-0.25, -0.2) is 0 Å². The molecule has 3 heterocycles. The van der Waals surface area contributed by atoms with Crippen LogP contribution >= 0.6 is 0 Å². The van der Waals surface area contributed by atoms with Gasteiger partial charge in [-0.2, -0.15) is 0 Å². The molecule has 3 saturated heterocycles. The number of carbonyl (C=O) groups is 2. The first-order chi connectivity index (χ1) is 8.74. The molecule has 0 spiro atoms. The summed E-state index contributed by atoms with van der Waals surface area (Å²) in [6.45, 7) is 2.41. The summed E-state index contributed by atoms with van der Waals surface area (Å²) in [6, 6.07) is 0.704. The molecule has 100 valence electrons. The van der Waals surface area contributed by atoms with Crippen LogP contribution in [0.5, 0.6) is 0 Å². The molecule has 4 heteroatoms. The summed E-state index contributed by atoms with van der Waals surface area (Å²) in [4.78, 5) is 28.1. The molecule has 2 unspecified atom stereocenters. The van der Waals surface area contributed by atoms with Crippen molar-refractivity contribution in [1.29, 1.82) is 0 Å². The van der Waals surface area contributed by atoms with Crippen molar-refractivity contribution in [3.63, 3.8) is 0 Å². The molecule has 3 rings (SSSR count). The van der Waals surface area contributed by atoms with Gasteiger partial charge in [-0.1, -0.05) is 0 Å². The van der Waals surface area contributed by atoms with E-state index in [1.54, 1.807) is 0 Å². The van der Waals surface area contributed by atoms with Crippen LogP contribution in [0.1, 0.15) is 44.9 Å². The maximum absolute atomic E-state index is 12.3. The third-order valence-electron chi connectivity index (χ3n) is 4.72. The van der Waals surface area contributed by atoms with Gasteiger partial charge in [-0.15, -0.1) is 0 Å². The molecule has 0 aromatic rings. The highest BCUT2D eigenvalue weighted by Crippen LogP contribution is 2.33. The van der Waals surface area contributed by atoms with Gasteiger partial charge in [0.05, 0.1) is 6.54 Å². The minimum Gasteiger partial charge on any atom is -0.342 e. The Bertz CT molecular complexity index is 334. The van der Waals surface area contributed by atoms with E-state index in [0.29, 0.717) is 37.3 Å². The summed E-state index contributed by atoms with van der Waals surface area (Å²) in [5.74, 6) is 0.671. The van der Waals surface area contributed by atoms with E-state index in [4.69, 9.17) is 0 Å². The second kappa shape index (κ2) is 5.00. The number of nitrogens with zero attached hydrogens (tertiary/aromatic N) is 2. The smallest absolute Gasteiger partial charge is 0.236 e. The molecule has 0 aliphatic carbocycles. The molecular weight excluding hydrogens is 228 g/mol. The summed E-state index contributed by atoms with van der Waals surface area (Å²) in [5, 5.41) is 0. The average molecular weight is 250 g/mol. The average Bonchev–Trinajstić information content (AvgIpc) is 2.62. The van der Waals surface area contributed by atoms with Gasteiger partial charge in [-0.3, -0.25) is 14.5 Å². The van der Waals surface area contributed by atoms with E-state index in [-0.39, 0.29) is 5.91 Å². The number of piperidine rings is 2. The van der Waals surface area contributed by atoms with Crippen molar-refractivity contribution >= 4 is 11.7 Å². The standard InChI is InChI=1S/C14H22N2O2/c17-13-8-11-4-5-12(9-13)16(11)10-14(18)15-6-2-1-3-7-15/h11-12H,1-10H2. The quantitative estimate of drug-likeness (QED) is 0.739. The SMILES string of the molecule is O=C1CC2CCC(C1)N2CC(=O)N1CCCCC1. The zero-order valence-corrected chi connectivity index (χ0v) is 10.9. The number of hydrogen-bond donors (Lipinski definition) is 0. The van der Waals surface area contributed by atoms with Crippen LogP contribution in [-0.4, -0.2) is 53.2 Å². The van der Waals surface area contributed by atoms with Crippen LogP contribution in [-0.2, 0) is 9.59 Å². The Balaban J connectivity index is 1.59. The van der Waals surface area contributed by atoms with Crippen LogP contribution in [0.3, 0.4) is 0 Å². The van der Waals surface area contributed by atoms with E-state index in [1.807, 2.05) is 4.90 Å². The van der Waals surface area contributed by atoms with E-state index in [9.17, 15) is 9.59 Å². The van der Waals surface area contributed by atoms with Crippen LogP contribution < -0.4 is 0 Å². The molecule has 1 amide bonds. The topological polar surface area (TPSA) is 40.6 Å². The zero-order chi connectivity index (χ0) is 12.5. The van der Waals surface area contributed by atoms with E-state index >= 15 is 0 Å². The van der Waals surface area contributed by atoms with Gasteiger partial charge in [0.25, 0.3) is 0 Å². The maximum Gasteiger partial charge on any atom is 0.236 e. The summed E-state index contributed by atoms with van der Waals surface area (Å²) >= 11 is 0. The molecule has 0 aromatic heterocycles. The van der Waals surface area contributed by atoms with E-state index in [1.165, 1.54) is 6.42 Å². The largest absolute Gasteiger partial charge is 0.342 e. The predicted octanol–water partition coefficient (Wildman–Crippen LogP) is 1.19. The lowest BCUT2D eigenvalue weighted by Crippen LogP contribution is -2.49. The monoisotopic (exact) mass is 250 g/mol. The van der Waals surface area contributed by atoms with Gasteiger partial charge >= 0.3 is 0 Å². The maximum atomic E-state index is 12.3. The fraction of sp³-hybridized carbons (Fsp3) is 0.857. The summed E-state index contributed by atoms with van der Waals surface area (Å²) in [6.07, 6.45) is 7.10.